The Morgan fingerprint density at radius 2 is 1.83 bits per heavy atom. The van der Waals surface area contributed by atoms with Crippen LogP contribution in [0.4, 0.5) is 17.6 Å². The standard InChI is InChI=1S/C16H10F4N2S/c1-9-21-14-6-5-11(17)8-13(14)15(23)22(9)12-4-2-3-10(7-12)16(18,19)20/h2-8H,1H3. The van der Waals surface area contributed by atoms with Gasteiger partial charge >= 0.3 is 6.18 Å². The summed E-state index contributed by atoms with van der Waals surface area (Å²) in [4.78, 5) is 4.29. The molecule has 0 aliphatic rings. The van der Waals surface area contributed by atoms with Crippen LogP contribution in [0.2, 0.25) is 0 Å². The van der Waals surface area contributed by atoms with E-state index in [1.165, 1.54) is 34.9 Å². The fourth-order valence-electron chi connectivity index (χ4n) is 2.39. The SMILES string of the molecule is Cc1nc2ccc(F)cc2c(=S)n1-c1cccc(C(F)(F)F)c1. The summed E-state index contributed by atoms with van der Waals surface area (Å²) in [6.07, 6.45) is -4.46. The number of aryl methyl sites for hydroxylation is 1. The van der Waals surface area contributed by atoms with Gasteiger partial charge in [-0.1, -0.05) is 18.3 Å². The smallest absolute Gasteiger partial charge is 0.289 e. The fraction of sp³-hybridized carbons (Fsp3) is 0.125. The Balaban J connectivity index is 2.30. The van der Waals surface area contributed by atoms with E-state index < -0.39 is 17.6 Å². The zero-order chi connectivity index (χ0) is 16.8. The third-order valence-electron chi connectivity index (χ3n) is 3.43. The molecule has 0 spiro atoms. The number of halogens is 4. The van der Waals surface area contributed by atoms with Gasteiger partial charge in [-0.2, -0.15) is 13.2 Å². The minimum Gasteiger partial charge on any atom is -0.289 e. The monoisotopic (exact) mass is 338 g/mol. The van der Waals surface area contributed by atoms with Gasteiger partial charge < -0.3 is 0 Å². The quantitative estimate of drug-likeness (QED) is 0.447. The number of hydrogen-bond donors (Lipinski definition) is 0. The van der Waals surface area contributed by atoms with Crippen molar-refractivity contribution in [1.82, 2.24) is 9.55 Å². The van der Waals surface area contributed by atoms with Crippen molar-refractivity contribution in [2.45, 2.75) is 13.1 Å². The van der Waals surface area contributed by atoms with Crippen LogP contribution in [-0.2, 0) is 6.18 Å². The maximum absolute atomic E-state index is 13.4. The number of rotatable bonds is 1. The number of aromatic nitrogens is 2. The second-order valence-electron chi connectivity index (χ2n) is 5.01. The second kappa shape index (κ2) is 5.42. The summed E-state index contributed by atoms with van der Waals surface area (Å²) >= 11 is 5.33. The summed E-state index contributed by atoms with van der Waals surface area (Å²) in [5.74, 6) is -0.0572. The Morgan fingerprint density at radius 3 is 2.52 bits per heavy atom. The molecule has 0 N–H and O–H groups in total. The highest BCUT2D eigenvalue weighted by Crippen LogP contribution is 2.31. The summed E-state index contributed by atoms with van der Waals surface area (Å²) in [6.45, 7) is 1.64. The van der Waals surface area contributed by atoms with E-state index in [0.29, 0.717) is 16.7 Å². The van der Waals surface area contributed by atoms with E-state index >= 15 is 0 Å². The van der Waals surface area contributed by atoms with Crippen molar-refractivity contribution in [2.24, 2.45) is 0 Å². The Kier molecular flexibility index (Phi) is 3.68. The second-order valence-corrected chi connectivity index (χ2v) is 5.40. The van der Waals surface area contributed by atoms with Gasteiger partial charge in [0.25, 0.3) is 0 Å². The van der Waals surface area contributed by atoms with E-state index in [2.05, 4.69) is 4.98 Å². The van der Waals surface area contributed by atoms with Crippen LogP contribution >= 0.6 is 12.2 Å². The van der Waals surface area contributed by atoms with Gasteiger partial charge in [0.15, 0.2) is 0 Å². The summed E-state index contributed by atoms with van der Waals surface area (Å²) in [5.41, 5.74) is -0.0475. The number of fused-ring (bicyclic) bond motifs is 1. The maximum Gasteiger partial charge on any atom is 0.416 e. The van der Waals surface area contributed by atoms with Gasteiger partial charge in [0.05, 0.1) is 11.1 Å². The van der Waals surface area contributed by atoms with E-state index in [9.17, 15) is 17.6 Å². The molecule has 0 atom stereocenters. The molecule has 0 radical (unpaired) electrons. The van der Waals surface area contributed by atoms with Crippen LogP contribution in [0.5, 0.6) is 0 Å². The molecule has 0 saturated carbocycles. The lowest BCUT2D eigenvalue weighted by Gasteiger charge is -2.14. The van der Waals surface area contributed by atoms with Crippen LogP contribution in [0.1, 0.15) is 11.4 Å². The molecule has 0 fully saturated rings. The number of nitrogens with zero attached hydrogens (tertiary/aromatic N) is 2. The van der Waals surface area contributed by atoms with E-state index in [4.69, 9.17) is 12.2 Å². The van der Waals surface area contributed by atoms with E-state index in [-0.39, 0.29) is 10.3 Å². The minimum atomic E-state index is -4.46. The van der Waals surface area contributed by atoms with Crippen LogP contribution in [-0.4, -0.2) is 9.55 Å². The first-order chi connectivity index (χ1) is 10.8. The van der Waals surface area contributed by atoms with E-state index in [1.807, 2.05) is 0 Å². The zero-order valence-electron chi connectivity index (χ0n) is 11.9. The topological polar surface area (TPSA) is 17.8 Å². The lowest BCUT2D eigenvalue weighted by atomic mass is 10.2. The molecular formula is C16H10F4N2S. The van der Waals surface area contributed by atoms with Gasteiger partial charge in [-0.05, 0) is 43.3 Å². The van der Waals surface area contributed by atoms with Gasteiger partial charge in [-0.25, -0.2) is 9.37 Å². The predicted octanol–water partition coefficient (Wildman–Crippen LogP) is 5.22. The summed E-state index contributed by atoms with van der Waals surface area (Å²) < 4.78 is 53.7. The average Bonchev–Trinajstić information content (AvgIpc) is 2.48. The van der Waals surface area contributed by atoms with Gasteiger partial charge in [-0.15, -0.1) is 0 Å². The fourth-order valence-corrected chi connectivity index (χ4v) is 2.80. The predicted molar refractivity (Wildman–Crippen MR) is 81.6 cm³/mol. The average molecular weight is 338 g/mol. The Bertz CT molecular complexity index is 960. The molecule has 0 unspecified atom stereocenters. The molecule has 1 aromatic heterocycles. The zero-order valence-corrected chi connectivity index (χ0v) is 12.7. The van der Waals surface area contributed by atoms with Crippen molar-refractivity contribution >= 4 is 23.1 Å². The van der Waals surface area contributed by atoms with E-state index in [1.54, 1.807) is 6.92 Å². The molecule has 1 heterocycles. The van der Waals surface area contributed by atoms with Gasteiger partial charge in [-0.3, -0.25) is 4.57 Å². The molecule has 2 aromatic carbocycles. The number of alkyl halides is 3. The summed E-state index contributed by atoms with van der Waals surface area (Å²) in [7, 11) is 0. The molecule has 23 heavy (non-hydrogen) atoms. The first kappa shape index (κ1) is 15.6. The highest BCUT2D eigenvalue weighted by molar-refractivity contribution is 7.71. The van der Waals surface area contributed by atoms with Crippen molar-refractivity contribution in [1.29, 1.82) is 0 Å². The van der Waals surface area contributed by atoms with Crippen LogP contribution < -0.4 is 0 Å². The van der Waals surface area contributed by atoms with Crippen LogP contribution in [0.3, 0.4) is 0 Å². The molecule has 7 heteroatoms. The molecule has 118 valence electrons. The highest BCUT2D eigenvalue weighted by Gasteiger charge is 2.30. The molecule has 0 amide bonds. The highest BCUT2D eigenvalue weighted by atomic mass is 32.1. The molecule has 3 aromatic rings. The van der Waals surface area contributed by atoms with Gasteiger partial charge in [0.2, 0.25) is 0 Å². The van der Waals surface area contributed by atoms with Crippen LogP contribution in [0.15, 0.2) is 42.5 Å². The lowest BCUT2D eigenvalue weighted by Crippen LogP contribution is -2.09. The first-order valence-corrected chi connectivity index (χ1v) is 7.05. The third kappa shape index (κ3) is 2.84. The maximum atomic E-state index is 13.4. The van der Waals surface area contributed by atoms with Crippen molar-refractivity contribution < 1.29 is 17.6 Å². The normalized spacial score (nSPS) is 11.9. The first-order valence-electron chi connectivity index (χ1n) is 6.64. The van der Waals surface area contributed by atoms with Crippen molar-refractivity contribution in [3.05, 3.63) is 64.3 Å². The lowest BCUT2D eigenvalue weighted by molar-refractivity contribution is -0.137. The third-order valence-corrected chi connectivity index (χ3v) is 3.83. The minimum absolute atomic E-state index is 0.214. The Labute approximate surface area is 134 Å². The van der Waals surface area contributed by atoms with Gasteiger partial charge in [0.1, 0.15) is 16.3 Å². The van der Waals surface area contributed by atoms with Crippen LogP contribution in [0.25, 0.3) is 16.6 Å². The van der Waals surface area contributed by atoms with Crippen molar-refractivity contribution in [3.63, 3.8) is 0 Å². The Morgan fingerprint density at radius 1 is 1.09 bits per heavy atom. The molecule has 0 aliphatic heterocycles. The molecule has 0 bridgehead atoms. The number of hydrogen-bond acceptors (Lipinski definition) is 2. The summed E-state index contributed by atoms with van der Waals surface area (Å²) in [5, 5.41) is 0.378. The molecule has 2 nitrogen and oxygen atoms in total. The molecule has 0 saturated heterocycles. The Hall–Kier alpha value is -2.28. The molecule has 0 aliphatic carbocycles. The van der Waals surface area contributed by atoms with Crippen molar-refractivity contribution in [2.75, 3.05) is 0 Å². The largest absolute Gasteiger partial charge is 0.416 e. The summed E-state index contributed by atoms with van der Waals surface area (Å²) in [6, 6.07) is 8.77. The number of benzene rings is 2. The molecular weight excluding hydrogens is 328 g/mol. The molecule has 3 rings (SSSR count). The van der Waals surface area contributed by atoms with Crippen molar-refractivity contribution in [3.8, 4) is 5.69 Å². The van der Waals surface area contributed by atoms with E-state index in [0.717, 1.165) is 12.1 Å². The van der Waals surface area contributed by atoms with Crippen LogP contribution in [0, 0.1) is 17.4 Å². The van der Waals surface area contributed by atoms with Gasteiger partial charge in [0, 0.05) is 11.1 Å².